The van der Waals surface area contributed by atoms with Crippen LogP contribution in [-0.2, 0) is 6.54 Å². The number of nitrogens with one attached hydrogen (secondary N) is 1. The average Bonchev–Trinajstić information content (AvgIpc) is 3.23. The zero-order valence-electron chi connectivity index (χ0n) is 13.8. The van der Waals surface area contributed by atoms with Crippen molar-refractivity contribution in [1.82, 2.24) is 20.3 Å². The van der Waals surface area contributed by atoms with E-state index in [0.29, 0.717) is 23.8 Å². The van der Waals surface area contributed by atoms with Gasteiger partial charge < -0.3 is 9.73 Å². The average molecular weight is 324 g/mol. The van der Waals surface area contributed by atoms with Crippen LogP contribution in [-0.4, -0.2) is 26.9 Å². The second kappa shape index (κ2) is 5.78. The number of nitrogens with zero attached hydrogens (tertiary/aromatic N) is 3. The number of furan rings is 1. The van der Waals surface area contributed by atoms with E-state index in [0.717, 1.165) is 29.6 Å². The molecule has 3 aromatic rings. The van der Waals surface area contributed by atoms with Gasteiger partial charge >= 0.3 is 0 Å². The number of para-hydroxylation sites is 1. The number of amides is 1. The Morgan fingerprint density at radius 1 is 1.42 bits per heavy atom. The Labute approximate surface area is 139 Å². The minimum Gasteiger partial charge on any atom is -0.465 e. The van der Waals surface area contributed by atoms with Crippen molar-refractivity contribution in [1.29, 1.82) is 0 Å². The van der Waals surface area contributed by atoms with Crippen molar-refractivity contribution in [2.24, 2.45) is 0 Å². The van der Waals surface area contributed by atoms with Gasteiger partial charge in [0, 0.05) is 12.0 Å². The van der Waals surface area contributed by atoms with Crippen molar-refractivity contribution in [3.8, 4) is 0 Å². The highest BCUT2D eigenvalue weighted by atomic mass is 16.3. The highest BCUT2D eigenvalue weighted by molar-refractivity contribution is 5.95. The summed E-state index contributed by atoms with van der Waals surface area (Å²) >= 11 is 0. The fraction of sp³-hybridized carbons (Fsp3) is 0.389. The lowest BCUT2D eigenvalue weighted by Gasteiger charge is -2.13. The van der Waals surface area contributed by atoms with Crippen LogP contribution in [0.3, 0.4) is 0 Å². The molecule has 1 saturated carbocycles. The van der Waals surface area contributed by atoms with Crippen LogP contribution >= 0.6 is 0 Å². The van der Waals surface area contributed by atoms with Gasteiger partial charge in [0.1, 0.15) is 17.0 Å². The van der Waals surface area contributed by atoms with Crippen molar-refractivity contribution in [3.05, 3.63) is 47.4 Å². The Kier molecular flexibility index (Phi) is 3.59. The molecule has 0 aliphatic heterocycles. The van der Waals surface area contributed by atoms with Crippen LogP contribution in [0.25, 0.3) is 11.0 Å². The monoisotopic (exact) mass is 324 g/mol. The van der Waals surface area contributed by atoms with Crippen molar-refractivity contribution in [3.63, 3.8) is 0 Å². The van der Waals surface area contributed by atoms with Gasteiger partial charge in [-0.25, -0.2) is 4.68 Å². The van der Waals surface area contributed by atoms with Gasteiger partial charge in [0.25, 0.3) is 5.91 Å². The van der Waals surface area contributed by atoms with Gasteiger partial charge in [0.15, 0.2) is 0 Å². The molecule has 1 aromatic carbocycles. The maximum atomic E-state index is 12.5. The maximum Gasteiger partial charge on any atom is 0.255 e. The highest BCUT2D eigenvalue weighted by Gasteiger charge is 2.29. The topological polar surface area (TPSA) is 73.0 Å². The second-order valence-corrected chi connectivity index (χ2v) is 6.53. The van der Waals surface area contributed by atoms with E-state index in [9.17, 15) is 4.79 Å². The van der Waals surface area contributed by atoms with E-state index in [1.54, 1.807) is 0 Å². The Morgan fingerprint density at radius 3 is 3.00 bits per heavy atom. The van der Waals surface area contributed by atoms with E-state index in [1.807, 2.05) is 48.9 Å². The van der Waals surface area contributed by atoms with Crippen LogP contribution in [0, 0.1) is 6.92 Å². The number of rotatable bonds is 5. The second-order valence-electron chi connectivity index (χ2n) is 6.53. The summed E-state index contributed by atoms with van der Waals surface area (Å²) in [5.41, 5.74) is 2.46. The first kappa shape index (κ1) is 14.9. The normalized spacial score (nSPS) is 15.6. The first-order valence-electron chi connectivity index (χ1n) is 8.31. The summed E-state index contributed by atoms with van der Waals surface area (Å²) in [5.74, 6) is 2.03. The molecule has 4 rings (SSSR count). The number of fused-ring (bicyclic) bond motifs is 1. The minimum atomic E-state index is -0.0972. The molecular weight excluding hydrogens is 304 g/mol. The molecule has 1 N–H and O–H groups in total. The fourth-order valence-corrected chi connectivity index (χ4v) is 2.96. The first-order valence-corrected chi connectivity index (χ1v) is 8.31. The molecule has 1 amide bonds. The third-order valence-corrected chi connectivity index (χ3v) is 4.41. The largest absolute Gasteiger partial charge is 0.465 e. The number of carbonyl (C=O) groups is 1. The van der Waals surface area contributed by atoms with Crippen molar-refractivity contribution in [2.45, 2.75) is 45.2 Å². The maximum absolute atomic E-state index is 12.5. The molecule has 0 saturated heterocycles. The molecular formula is C18H20N4O2. The van der Waals surface area contributed by atoms with E-state index < -0.39 is 0 Å². The zero-order chi connectivity index (χ0) is 16.7. The highest BCUT2D eigenvalue weighted by Crippen LogP contribution is 2.41. The molecule has 6 nitrogen and oxygen atoms in total. The predicted octanol–water partition coefficient (Wildman–Crippen LogP) is 3.03. The number of benzene rings is 1. The summed E-state index contributed by atoms with van der Waals surface area (Å²) in [6.45, 7) is 4.38. The first-order chi connectivity index (χ1) is 11.6. The molecule has 0 unspecified atom stereocenters. The van der Waals surface area contributed by atoms with Gasteiger partial charge in [-0.2, -0.15) is 0 Å². The summed E-state index contributed by atoms with van der Waals surface area (Å²) in [4.78, 5) is 12.5. The van der Waals surface area contributed by atoms with E-state index in [4.69, 9.17) is 4.42 Å². The van der Waals surface area contributed by atoms with E-state index in [2.05, 4.69) is 15.6 Å². The molecule has 6 heteroatoms. The van der Waals surface area contributed by atoms with Crippen LogP contribution in [0.1, 0.15) is 47.6 Å². The summed E-state index contributed by atoms with van der Waals surface area (Å²) in [7, 11) is 0. The van der Waals surface area contributed by atoms with Gasteiger partial charge in [-0.3, -0.25) is 4.79 Å². The minimum absolute atomic E-state index is 0.0683. The fourth-order valence-electron chi connectivity index (χ4n) is 2.96. The smallest absolute Gasteiger partial charge is 0.255 e. The van der Waals surface area contributed by atoms with Crippen LogP contribution < -0.4 is 5.32 Å². The van der Waals surface area contributed by atoms with Crippen LogP contribution in [0.2, 0.25) is 0 Å². The SMILES string of the molecule is Cc1oc(C2CC2)cc1C(=O)N[C@H](C)Cn1nnc2ccccc21. The summed E-state index contributed by atoms with van der Waals surface area (Å²) < 4.78 is 7.53. The molecule has 1 aliphatic rings. The Bertz CT molecular complexity index is 891. The number of aryl methyl sites for hydroxylation is 1. The molecule has 1 atom stereocenters. The van der Waals surface area contributed by atoms with Crippen molar-refractivity contribution < 1.29 is 9.21 Å². The molecule has 2 aromatic heterocycles. The van der Waals surface area contributed by atoms with Gasteiger partial charge in [-0.15, -0.1) is 5.10 Å². The molecule has 2 heterocycles. The Hall–Kier alpha value is -2.63. The molecule has 124 valence electrons. The summed E-state index contributed by atoms with van der Waals surface area (Å²) in [6.07, 6.45) is 2.31. The number of aromatic nitrogens is 3. The molecule has 1 aliphatic carbocycles. The third kappa shape index (κ3) is 2.79. The van der Waals surface area contributed by atoms with Crippen LogP contribution in [0.5, 0.6) is 0 Å². The molecule has 24 heavy (non-hydrogen) atoms. The lowest BCUT2D eigenvalue weighted by atomic mass is 10.2. The van der Waals surface area contributed by atoms with Crippen molar-refractivity contribution in [2.75, 3.05) is 0 Å². The van der Waals surface area contributed by atoms with E-state index in [1.165, 1.54) is 0 Å². The molecule has 0 bridgehead atoms. The van der Waals surface area contributed by atoms with Crippen LogP contribution in [0.15, 0.2) is 34.7 Å². The number of hydrogen-bond acceptors (Lipinski definition) is 4. The van der Waals surface area contributed by atoms with E-state index >= 15 is 0 Å². The Morgan fingerprint density at radius 2 is 2.21 bits per heavy atom. The quantitative estimate of drug-likeness (QED) is 0.783. The van der Waals surface area contributed by atoms with Gasteiger partial charge in [0.05, 0.1) is 17.6 Å². The van der Waals surface area contributed by atoms with Crippen molar-refractivity contribution >= 4 is 16.9 Å². The van der Waals surface area contributed by atoms with Gasteiger partial charge in [0.2, 0.25) is 0 Å². The lowest BCUT2D eigenvalue weighted by molar-refractivity contribution is 0.0934. The Balaban J connectivity index is 1.45. The predicted molar refractivity (Wildman–Crippen MR) is 89.9 cm³/mol. The van der Waals surface area contributed by atoms with Crippen LogP contribution in [0.4, 0.5) is 0 Å². The van der Waals surface area contributed by atoms with E-state index in [-0.39, 0.29) is 11.9 Å². The standard InChI is InChI=1S/C18H20N4O2/c1-11(10-22-16-6-4-3-5-15(16)20-21-22)19-18(23)14-9-17(13-7-8-13)24-12(14)2/h3-6,9,11,13H,7-8,10H2,1-2H3,(H,19,23)/t11-/m1/s1. The van der Waals surface area contributed by atoms with Gasteiger partial charge in [-0.05, 0) is 44.9 Å². The number of carbonyl (C=O) groups excluding carboxylic acids is 1. The number of hydrogen-bond donors (Lipinski definition) is 1. The molecule has 0 spiro atoms. The third-order valence-electron chi connectivity index (χ3n) is 4.41. The zero-order valence-corrected chi connectivity index (χ0v) is 13.8. The summed E-state index contributed by atoms with van der Waals surface area (Å²) in [6, 6.07) is 9.62. The van der Waals surface area contributed by atoms with Gasteiger partial charge in [-0.1, -0.05) is 17.3 Å². The molecule has 0 radical (unpaired) electrons. The lowest BCUT2D eigenvalue weighted by Crippen LogP contribution is -2.36. The molecule has 1 fully saturated rings. The summed E-state index contributed by atoms with van der Waals surface area (Å²) in [5, 5.41) is 11.3.